The summed E-state index contributed by atoms with van der Waals surface area (Å²) in [5.74, 6) is -0.232. The van der Waals surface area contributed by atoms with Crippen LogP contribution in [0.5, 0.6) is 0 Å². The maximum absolute atomic E-state index is 12.2. The minimum Gasteiger partial charge on any atom is -0.457 e. The molecule has 0 saturated carbocycles. The normalized spacial score (nSPS) is 18.8. The quantitative estimate of drug-likeness (QED) is 0.368. The molecular weight excluding hydrogens is 428 g/mol. The van der Waals surface area contributed by atoms with E-state index in [0.29, 0.717) is 13.2 Å². The second-order valence-corrected chi connectivity index (χ2v) is 13.8. The molecule has 0 N–H and O–H groups in total. The van der Waals surface area contributed by atoms with Crippen molar-refractivity contribution in [1.29, 1.82) is 0 Å². The summed E-state index contributed by atoms with van der Waals surface area (Å²) in [6, 6.07) is 31.0. The molecule has 1 heterocycles. The summed E-state index contributed by atoms with van der Waals surface area (Å²) < 4.78 is 18.8. The highest BCUT2D eigenvalue weighted by Gasteiger charge is 2.51. The van der Waals surface area contributed by atoms with E-state index in [4.69, 9.17) is 13.9 Å². The minimum absolute atomic E-state index is 0.140. The van der Waals surface area contributed by atoms with Gasteiger partial charge in [-0.25, -0.2) is 0 Å². The largest absolute Gasteiger partial charge is 0.457 e. The molecule has 0 aromatic heterocycles. The summed E-state index contributed by atoms with van der Waals surface area (Å²) in [6.45, 7) is 7.46. The van der Waals surface area contributed by atoms with Gasteiger partial charge in [-0.1, -0.05) is 112 Å². The molecule has 1 aliphatic heterocycles. The number of hydrogen-bond acceptors (Lipinski definition) is 4. The fraction of sp³-hybridized carbons (Fsp3) is 0.321. The molecule has 1 saturated heterocycles. The fourth-order valence-electron chi connectivity index (χ4n) is 4.64. The van der Waals surface area contributed by atoms with E-state index in [-0.39, 0.29) is 23.5 Å². The van der Waals surface area contributed by atoms with Gasteiger partial charge in [-0.05, 0) is 21.0 Å². The molecule has 1 aliphatic rings. The average Bonchev–Trinajstić information content (AvgIpc) is 3.18. The molecule has 1 fully saturated rings. The lowest BCUT2D eigenvalue weighted by molar-refractivity contribution is -0.143. The summed E-state index contributed by atoms with van der Waals surface area (Å²) in [4.78, 5) is 12.2. The maximum Gasteiger partial charge on any atom is 0.309 e. The van der Waals surface area contributed by atoms with Gasteiger partial charge >= 0.3 is 5.97 Å². The van der Waals surface area contributed by atoms with Crippen molar-refractivity contribution in [3.63, 3.8) is 0 Å². The molecule has 4 rings (SSSR count). The zero-order valence-corrected chi connectivity index (χ0v) is 20.6. The van der Waals surface area contributed by atoms with Crippen LogP contribution in [-0.2, 0) is 25.3 Å². The molecule has 4 nitrogen and oxygen atoms in total. The molecule has 0 amide bonds. The van der Waals surface area contributed by atoms with Crippen LogP contribution in [0.25, 0.3) is 0 Å². The number of benzene rings is 3. The molecule has 0 unspecified atom stereocenters. The third-order valence-corrected chi connectivity index (χ3v) is 11.3. The number of ether oxygens (including phenoxy) is 2. The van der Waals surface area contributed by atoms with Crippen LogP contribution in [0.1, 0.15) is 32.8 Å². The van der Waals surface area contributed by atoms with E-state index in [1.807, 2.05) is 42.5 Å². The van der Waals surface area contributed by atoms with Gasteiger partial charge in [0.05, 0.1) is 19.6 Å². The van der Waals surface area contributed by atoms with E-state index in [2.05, 4.69) is 69.3 Å². The molecule has 172 valence electrons. The number of cyclic esters (lactones) is 1. The van der Waals surface area contributed by atoms with Crippen molar-refractivity contribution in [2.24, 2.45) is 0 Å². The Labute approximate surface area is 197 Å². The Morgan fingerprint density at radius 2 is 1.36 bits per heavy atom. The summed E-state index contributed by atoms with van der Waals surface area (Å²) >= 11 is 0. The number of carbonyl (C=O) groups excluding carboxylic acids is 1. The van der Waals surface area contributed by atoms with Crippen LogP contribution in [0.2, 0.25) is 5.04 Å². The van der Waals surface area contributed by atoms with Crippen molar-refractivity contribution in [3.05, 3.63) is 96.6 Å². The Morgan fingerprint density at radius 3 is 1.88 bits per heavy atom. The van der Waals surface area contributed by atoms with Crippen LogP contribution in [0, 0.1) is 0 Å². The number of rotatable bonds is 8. The Balaban J connectivity index is 1.60. The molecule has 0 spiro atoms. The zero-order valence-electron chi connectivity index (χ0n) is 19.6. The predicted octanol–water partition coefficient (Wildman–Crippen LogP) is 4.46. The van der Waals surface area contributed by atoms with Gasteiger partial charge in [0, 0.05) is 0 Å². The van der Waals surface area contributed by atoms with Gasteiger partial charge < -0.3 is 13.9 Å². The Bertz CT molecular complexity index is 992. The summed E-state index contributed by atoms with van der Waals surface area (Å²) in [7, 11) is -2.70. The van der Waals surface area contributed by atoms with Gasteiger partial charge in [-0.3, -0.25) is 4.79 Å². The number of hydrogen-bond donors (Lipinski definition) is 0. The van der Waals surface area contributed by atoms with Crippen LogP contribution in [0.15, 0.2) is 91.0 Å². The predicted molar refractivity (Wildman–Crippen MR) is 133 cm³/mol. The second-order valence-electron chi connectivity index (χ2n) is 9.54. The first-order valence-corrected chi connectivity index (χ1v) is 13.4. The van der Waals surface area contributed by atoms with Gasteiger partial charge in [-0.15, -0.1) is 0 Å². The third-order valence-electron chi connectivity index (χ3n) is 6.25. The Morgan fingerprint density at radius 1 is 0.848 bits per heavy atom. The van der Waals surface area contributed by atoms with Crippen molar-refractivity contribution < 1.29 is 18.7 Å². The van der Waals surface area contributed by atoms with Crippen LogP contribution < -0.4 is 10.4 Å². The van der Waals surface area contributed by atoms with Gasteiger partial charge in [0.15, 0.2) is 6.10 Å². The second kappa shape index (κ2) is 10.0. The molecule has 3 aromatic rings. The first-order chi connectivity index (χ1) is 15.9. The first-order valence-electron chi connectivity index (χ1n) is 11.5. The summed E-state index contributed by atoms with van der Waals surface area (Å²) in [5, 5.41) is 2.27. The van der Waals surface area contributed by atoms with E-state index in [1.165, 1.54) is 10.4 Å². The Kier molecular flexibility index (Phi) is 7.13. The number of esters is 1. The van der Waals surface area contributed by atoms with Crippen molar-refractivity contribution in [1.82, 2.24) is 0 Å². The molecule has 5 heteroatoms. The van der Waals surface area contributed by atoms with Crippen LogP contribution in [0.4, 0.5) is 0 Å². The molecule has 0 radical (unpaired) electrons. The molecule has 0 aliphatic carbocycles. The van der Waals surface area contributed by atoms with E-state index >= 15 is 0 Å². The van der Waals surface area contributed by atoms with Gasteiger partial charge in [0.2, 0.25) is 0 Å². The highest BCUT2D eigenvalue weighted by molar-refractivity contribution is 6.99. The van der Waals surface area contributed by atoms with Crippen molar-refractivity contribution in [3.8, 4) is 0 Å². The standard InChI is InChI=1S/C28H32O4Si/c1-28(2,3)33(23-15-9-5-10-16-23,24-17-11-6-12-18-24)31-21-26-25(19-27(29)32-26)30-20-22-13-7-4-8-14-22/h4-18,25-26H,19-21H2,1-3H3/t25-,26+/m0/s1. The molecule has 33 heavy (non-hydrogen) atoms. The lowest BCUT2D eigenvalue weighted by Gasteiger charge is -2.43. The van der Waals surface area contributed by atoms with E-state index in [1.54, 1.807) is 0 Å². The summed E-state index contributed by atoms with van der Waals surface area (Å²) in [6.07, 6.45) is -0.500. The maximum atomic E-state index is 12.2. The van der Waals surface area contributed by atoms with Crippen LogP contribution in [-0.4, -0.2) is 33.1 Å². The van der Waals surface area contributed by atoms with Crippen LogP contribution in [0.3, 0.4) is 0 Å². The smallest absolute Gasteiger partial charge is 0.309 e. The van der Waals surface area contributed by atoms with Gasteiger partial charge in [0.1, 0.15) is 6.10 Å². The summed E-state index contributed by atoms with van der Waals surface area (Å²) in [5.41, 5.74) is 1.07. The first kappa shape index (κ1) is 23.4. The zero-order chi connectivity index (χ0) is 23.3. The highest BCUT2D eigenvalue weighted by Crippen LogP contribution is 2.37. The van der Waals surface area contributed by atoms with Gasteiger partial charge in [0.25, 0.3) is 8.32 Å². The average molecular weight is 461 g/mol. The van der Waals surface area contributed by atoms with Crippen molar-refractivity contribution in [2.75, 3.05) is 6.61 Å². The Hall–Kier alpha value is -2.73. The van der Waals surface area contributed by atoms with Gasteiger partial charge in [-0.2, -0.15) is 0 Å². The molecule has 2 atom stereocenters. The minimum atomic E-state index is -2.70. The lowest BCUT2D eigenvalue weighted by Crippen LogP contribution is -2.67. The van der Waals surface area contributed by atoms with E-state index in [9.17, 15) is 4.79 Å². The lowest BCUT2D eigenvalue weighted by atomic mass is 10.2. The van der Waals surface area contributed by atoms with Crippen molar-refractivity contribution in [2.45, 2.75) is 51.0 Å². The van der Waals surface area contributed by atoms with Crippen molar-refractivity contribution >= 4 is 24.7 Å². The highest BCUT2D eigenvalue weighted by atomic mass is 28.4. The SMILES string of the molecule is CC(C)(C)[Si](OC[C@H]1OC(=O)C[C@@H]1OCc1ccccc1)(c1ccccc1)c1ccccc1. The van der Waals surface area contributed by atoms with E-state index < -0.39 is 14.4 Å². The monoisotopic (exact) mass is 460 g/mol. The van der Waals surface area contributed by atoms with Crippen LogP contribution >= 0.6 is 0 Å². The number of carbonyl (C=O) groups is 1. The third kappa shape index (κ3) is 5.11. The molecule has 3 aromatic carbocycles. The molecule has 0 bridgehead atoms. The van der Waals surface area contributed by atoms with E-state index in [0.717, 1.165) is 5.56 Å². The molecular formula is C28H32O4Si. The fourth-order valence-corrected chi connectivity index (χ4v) is 9.21. The topological polar surface area (TPSA) is 44.8 Å².